The van der Waals surface area contributed by atoms with Crippen molar-refractivity contribution in [1.29, 1.82) is 0 Å². The SMILES string of the molecule is Nc1nc(CCCNC(=O)Cn2ccccc2=O)cs1. The molecule has 2 rings (SSSR count). The standard InChI is InChI=1S/C13H16N4O2S/c14-13-16-10(9-20-13)4-3-6-15-11(18)8-17-7-2-1-5-12(17)19/h1-2,5,7,9H,3-4,6,8H2,(H2,14,16)(H,15,18). The van der Waals surface area contributed by atoms with E-state index >= 15 is 0 Å². The zero-order valence-electron chi connectivity index (χ0n) is 10.9. The van der Waals surface area contributed by atoms with Gasteiger partial charge in [0.05, 0.1) is 5.69 Å². The fourth-order valence-electron chi connectivity index (χ4n) is 1.74. The molecule has 7 heteroatoms. The summed E-state index contributed by atoms with van der Waals surface area (Å²) < 4.78 is 1.37. The van der Waals surface area contributed by atoms with E-state index in [-0.39, 0.29) is 18.0 Å². The molecule has 0 aliphatic rings. The zero-order chi connectivity index (χ0) is 14.4. The van der Waals surface area contributed by atoms with Crippen LogP contribution in [0.3, 0.4) is 0 Å². The molecule has 0 atom stereocenters. The molecule has 0 aromatic carbocycles. The van der Waals surface area contributed by atoms with E-state index in [0.717, 1.165) is 18.5 Å². The molecule has 0 fully saturated rings. The molecule has 2 aromatic heterocycles. The second kappa shape index (κ2) is 6.85. The van der Waals surface area contributed by atoms with Crippen LogP contribution in [-0.2, 0) is 17.8 Å². The summed E-state index contributed by atoms with van der Waals surface area (Å²) in [5.41, 5.74) is 6.30. The normalized spacial score (nSPS) is 10.4. The highest BCUT2D eigenvalue weighted by molar-refractivity contribution is 7.13. The number of nitrogens with one attached hydrogen (secondary N) is 1. The van der Waals surface area contributed by atoms with Gasteiger partial charge >= 0.3 is 0 Å². The molecule has 2 heterocycles. The van der Waals surface area contributed by atoms with E-state index in [4.69, 9.17) is 5.73 Å². The number of rotatable bonds is 6. The molecule has 106 valence electrons. The molecule has 20 heavy (non-hydrogen) atoms. The Kier molecular flexibility index (Phi) is 4.89. The molecule has 0 aliphatic heterocycles. The number of thiazole rings is 1. The van der Waals surface area contributed by atoms with Crippen molar-refractivity contribution in [3.8, 4) is 0 Å². The zero-order valence-corrected chi connectivity index (χ0v) is 11.7. The second-order valence-electron chi connectivity index (χ2n) is 4.30. The van der Waals surface area contributed by atoms with Crippen LogP contribution >= 0.6 is 11.3 Å². The summed E-state index contributed by atoms with van der Waals surface area (Å²) in [5, 5.41) is 5.26. The highest BCUT2D eigenvalue weighted by atomic mass is 32.1. The Morgan fingerprint density at radius 3 is 3.00 bits per heavy atom. The number of carbonyl (C=O) groups excluding carboxylic acids is 1. The molecule has 0 unspecified atom stereocenters. The third kappa shape index (κ3) is 4.20. The molecular formula is C13H16N4O2S. The van der Waals surface area contributed by atoms with Crippen LogP contribution in [0.5, 0.6) is 0 Å². The summed E-state index contributed by atoms with van der Waals surface area (Å²) in [7, 11) is 0. The first-order valence-electron chi connectivity index (χ1n) is 6.27. The lowest BCUT2D eigenvalue weighted by atomic mass is 10.2. The fraction of sp³-hybridized carbons (Fsp3) is 0.308. The van der Waals surface area contributed by atoms with Gasteiger partial charge in [-0.2, -0.15) is 0 Å². The summed E-state index contributed by atoms with van der Waals surface area (Å²) >= 11 is 1.41. The highest BCUT2D eigenvalue weighted by Gasteiger charge is 2.04. The van der Waals surface area contributed by atoms with Crippen molar-refractivity contribution in [2.45, 2.75) is 19.4 Å². The third-order valence-electron chi connectivity index (χ3n) is 2.71. The van der Waals surface area contributed by atoms with Gasteiger partial charge < -0.3 is 15.6 Å². The summed E-state index contributed by atoms with van der Waals surface area (Å²) in [6.07, 6.45) is 3.16. The largest absolute Gasteiger partial charge is 0.375 e. The van der Waals surface area contributed by atoms with E-state index in [1.807, 2.05) is 5.38 Å². The lowest BCUT2D eigenvalue weighted by molar-refractivity contribution is -0.121. The third-order valence-corrected chi connectivity index (χ3v) is 3.44. The predicted molar refractivity (Wildman–Crippen MR) is 78.6 cm³/mol. The molecular weight excluding hydrogens is 276 g/mol. The van der Waals surface area contributed by atoms with Crippen LogP contribution in [0.15, 0.2) is 34.6 Å². The van der Waals surface area contributed by atoms with Crippen molar-refractivity contribution in [2.24, 2.45) is 0 Å². The molecule has 1 amide bonds. The molecule has 0 saturated carbocycles. The van der Waals surface area contributed by atoms with Crippen LogP contribution < -0.4 is 16.6 Å². The summed E-state index contributed by atoms with van der Waals surface area (Å²) in [6, 6.07) is 4.80. The van der Waals surface area contributed by atoms with Crippen LogP contribution in [0.2, 0.25) is 0 Å². The van der Waals surface area contributed by atoms with Crippen molar-refractivity contribution in [3.05, 3.63) is 45.8 Å². The highest BCUT2D eigenvalue weighted by Crippen LogP contribution is 2.11. The van der Waals surface area contributed by atoms with Crippen LogP contribution in [0.25, 0.3) is 0 Å². The second-order valence-corrected chi connectivity index (χ2v) is 5.19. The van der Waals surface area contributed by atoms with E-state index in [9.17, 15) is 9.59 Å². The minimum atomic E-state index is -0.180. The number of nitrogens with zero attached hydrogens (tertiary/aromatic N) is 2. The lowest BCUT2D eigenvalue weighted by Gasteiger charge is -2.06. The van der Waals surface area contributed by atoms with Gasteiger partial charge in [-0.25, -0.2) is 4.98 Å². The number of hydrogen-bond acceptors (Lipinski definition) is 5. The molecule has 2 aromatic rings. The first-order chi connectivity index (χ1) is 9.65. The predicted octanol–water partition coefficient (Wildman–Crippen LogP) is 0.636. The molecule has 0 bridgehead atoms. The van der Waals surface area contributed by atoms with E-state index < -0.39 is 0 Å². The Hall–Kier alpha value is -2.15. The van der Waals surface area contributed by atoms with Gasteiger partial charge in [-0.1, -0.05) is 6.07 Å². The van der Waals surface area contributed by atoms with E-state index in [0.29, 0.717) is 11.7 Å². The molecule has 0 radical (unpaired) electrons. The Balaban J connectivity index is 1.70. The van der Waals surface area contributed by atoms with Gasteiger partial charge in [-0.3, -0.25) is 9.59 Å². The topological polar surface area (TPSA) is 90.0 Å². The number of nitrogens with two attached hydrogens (primary N) is 1. The van der Waals surface area contributed by atoms with Crippen LogP contribution in [0.4, 0.5) is 5.13 Å². The van der Waals surface area contributed by atoms with E-state index in [2.05, 4.69) is 10.3 Å². The van der Waals surface area contributed by atoms with Gasteiger partial charge in [-0.05, 0) is 18.9 Å². The average Bonchev–Trinajstić information content (AvgIpc) is 2.83. The summed E-state index contributed by atoms with van der Waals surface area (Å²) in [6.45, 7) is 0.598. The molecule has 0 spiro atoms. The number of aryl methyl sites for hydroxylation is 1. The Labute approximate surface area is 120 Å². The fourth-order valence-corrected chi connectivity index (χ4v) is 2.33. The van der Waals surface area contributed by atoms with Crippen LogP contribution in [0.1, 0.15) is 12.1 Å². The first kappa shape index (κ1) is 14.3. The van der Waals surface area contributed by atoms with Gasteiger partial charge in [0, 0.05) is 24.2 Å². The Morgan fingerprint density at radius 1 is 1.45 bits per heavy atom. The quantitative estimate of drug-likeness (QED) is 0.764. The number of nitrogen functional groups attached to an aromatic ring is 1. The number of anilines is 1. The number of hydrogen-bond donors (Lipinski definition) is 2. The maximum absolute atomic E-state index is 11.7. The summed E-state index contributed by atoms with van der Waals surface area (Å²) in [4.78, 5) is 27.3. The van der Waals surface area contributed by atoms with Gasteiger partial charge in [0.25, 0.3) is 5.56 Å². The Bertz CT molecular complexity index is 635. The van der Waals surface area contributed by atoms with Gasteiger partial charge in [0.1, 0.15) is 6.54 Å². The van der Waals surface area contributed by atoms with Crippen molar-refractivity contribution < 1.29 is 4.79 Å². The summed E-state index contributed by atoms with van der Waals surface area (Å²) in [5.74, 6) is -0.170. The van der Waals surface area contributed by atoms with Crippen molar-refractivity contribution in [2.75, 3.05) is 12.3 Å². The number of amides is 1. The van der Waals surface area contributed by atoms with Crippen molar-refractivity contribution >= 4 is 22.4 Å². The Morgan fingerprint density at radius 2 is 2.30 bits per heavy atom. The number of pyridine rings is 1. The maximum atomic E-state index is 11.7. The van der Waals surface area contributed by atoms with E-state index in [1.54, 1.807) is 18.3 Å². The van der Waals surface area contributed by atoms with Crippen molar-refractivity contribution in [3.63, 3.8) is 0 Å². The molecule has 3 N–H and O–H groups in total. The lowest BCUT2D eigenvalue weighted by Crippen LogP contribution is -2.32. The van der Waals surface area contributed by atoms with Gasteiger partial charge in [0.2, 0.25) is 5.91 Å². The molecule has 6 nitrogen and oxygen atoms in total. The minimum Gasteiger partial charge on any atom is -0.375 e. The van der Waals surface area contributed by atoms with Gasteiger partial charge in [-0.15, -0.1) is 11.3 Å². The molecule has 0 saturated heterocycles. The van der Waals surface area contributed by atoms with Crippen LogP contribution in [-0.4, -0.2) is 22.0 Å². The van der Waals surface area contributed by atoms with Crippen molar-refractivity contribution in [1.82, 2.24) is 14.9 Å². The number of aromatic nitrogens is 2. The van der Waals surface area contributed by atoms with Gasteiger partial charge in [0.15, 0.2) is 5.13 Å². The smallest absolute Gasteiger partial charge is 0.250 e. The average molecular weight is 292 g/mol. The maximum Gasteiger partial charge on any atom is 0.250 e. The first-order valence-corrected chi connectivity index (χ1v) is 7.15. The number of carbonyl (C=O) groups is 1. The molecule has 0 aliphatic carbocycles. The minimum absolute atomic E-state index is 0.0450. The monoisotopic (exact) mass is 292 g/mol. The van der Waals surface area contributed by atoms with Crippen LogP contribution in [0, 0.1) is 0 Å². The van der Waals surface area contributed by atoms with E-state index in [1.165, 1.54) is 22.0 Å².